The normalized spacial score (nSPS) is 30.8. The fourth-order valence-electron chi connectivity index (χ4n) is 0.902. The van der Waals surface area contributed by atoms with Gasteiger partial charge in [0.15, 0.2) is 0 Å². The molecule has 1 atom stereocenters. The van der Waals surface area contributed by atoms with Crippen LogP contribution in [0, 0.1) is 0 Å². The van der Waals surface area contributed by atoms with E-state index in [1.165, 1.54) is 0 Å². The van der Waals surface area contributed by atoms with Gasteiger partial charge in [-0.25, -0.2) is 0 Å². The van der Waals surface area contributed by atoms with Crippen molar-refractivity contribution in [3.63, 3.8) is 0 Å². The molecule has 1 aliphatic rings. The highest BCUT2D eigenvalue weighted by molar-refractivity contribution is 9.13. The number of ketones is 1. The van der Waals surface area contributed by atoms with Crippen LogP contribution in [0.4, 0.5) is 0 Å². The summed E-state index contributed by atoms with van der Waals surface area (Å²) >= 11 is 10.00. The molecule has 0 aromatic carbocycles. The molecule has 0 saturated heterocycles. The monoisotopic (exact) mass is 356 g/mol. The molecule has 1 rings (SSSR count). The van der Waals surface area contributed by atoms with Gasteiger partial charge in [-0.15, -0.1) is 0 Å². The molecule has 1 unspecified atom stereocenters. The molecule has 0 fully saturated rings. The Morgan fingerprint density at radius 1 is 1.42 bits per heavy atom. The Balaban J connectivity index is 3.24. The maximum atomic E-state index is 11.4. The minimum absolute atomic E-state index is 0.00410. The predicted octanol–water partition coefficient (Wildman–Crippen LogP) is 3.67. The number of hydrogen-bond donors (Lipinski definition) is 0. The van der Waals surface area contributed by atoms with Crippen LogP contribution >= 0.6 is 47.8 Å². The minimum Gasteiger partial charge on any atom is -0.287 e. The van der Waals surface area contributed by atoms with E-state index in [1.807, 2.05) is 19.9 Å². The summed E-state index contributed by atoms with van der Waals surface area (Å²) in [6, 6.07) is 0. The average Bonchev–Trinajstić information content (AvgIpc) is 1.97. The Labute approximate surface area is 96.7 Å². The molecule has 0 radical (unpaired) electrons. The second kappa shape index (κ2) is 3.39. The van der Waals surface area contributed by atoms with Crippen molar-refractivity contribution in [2.75, 3.05) is 0 Å². The van der Waals surface area contributed by atoms with Gasteiger partial charge in [0.2, 0.25) is 5.78 Å². The van der Waals surface area contributed by atoms with Crippen LogP contribution in [0.3, 0.4) is 0 Å². The van der Waals surface area contributed by atoms with E-state index in [0.717, 1.165) is 5.57 Å². The minimum atomic E-state index is -0.224. The first kappa shape index (κ1) is 10.7. The molecule has 0 aromatic heterocycles. The molecule has 0 amide bonds. The summed E-state index contributed by atoms with van der Waals surface area (Å²) in [6.07, 6.45) is 1.86. The van der Waals surface area contributed by atoms with Gasteiger partial charge < -0.3 is 0 Å². The number of halogens is 3. The molecule has 0 saturated carbocycles. The van der Waals surface area contributed by atoms with Crippen molar-refractivity contribution in [3.05, 3.63) is 20.6 Å². The third-order valence-corrected chi connectivity index (χ3v) is 4.24. The van der Waals surface area contributed by atoms with E-state index in [0.29, 0.717) is 8.96 Å². The van der Waals surface area contributed by atoms with Crippen molar-refractivity contribution in [2.24, 2.45) is 0 Å². The van der Waals surface area contributed by atoms with E-state index in [9.17, 15) is 4.79 Å². The standard InChI is InChI=1S/C8H7Br3O/c1-4-6(10)7(12)5(9)3-8(4,2)11/h3H,1-2H3. The molecule has 4 heteroatoms. The lowest BCUT2D eigenvalue weighted by atomic mass is 9.96. The summed E-state index contributed by atoms with van der Waals surface area (Å²) in [5, 5.41) is 0. The van der Waals surface area contributed by atoms with Crippen molar-refractivity contribution >= 4 is 53.6 Å². The molecule has 0 aliphatic heterocycles. The summed E-state index contributed by atoms with van der Waals surface area (Å²) < 4.78 is 1.01. The predicted molar refractivity (Wildman–Crippen MR) is 61.0 cm³/mol. The molecule has 12 heavy (non-hydrogen) atoms. The second-order valence-corrected chi connectivity index (χ2v) is 6.13. The van der Waals surface area contributed by atoms with Gasteiger partial charge in [0.05, 0.1) is 13.3 Å². The van der Waals surface area contributed by atoms with Crippen LogP contribution in [0.25, 0.3) is 0 Å². The zero-order valence-electron chi connectivity index (χ0n) is 6.62. The molecular formula is C8H7Br3O. The lowest BCUT2D eigenvalue weighted by Crippen LogP contribution is -2.22. The topological polar surface area (TPSA) is 17.1 Å². The number of rotatable bonds is 0. The van der Waals surface area contributed by atoms with Gasteiger partial charge >= 0.3 is 0 Å². The molecule has 1 aliphatic carbocycles. The van der Waals surface area contributed by atoms with Crippen molar-refractivity contribution in [1.29, 1.82) is 0 Å². The molecular weight excluding hydrogens is 352 g/mol. The molecule has 0 heterocycles. The van der Waals surface area contributed by atoms with Gasteiger partial charge in [0.25, 0.3) is 0 Å². The fourth-order valence-corrected chi connectivity index (χ4v) is 3.45. The number of carbonyl (C=O) groups excluding carboxylic acids is 1. The fraction of sp³-hybridized carbons (Fsp3) is 0.375. The summed E-state index contributed by atoms with van der Waals surface area (Å²) in [4.78, 5) is 11.4. The van der Waals surface area contributed by atoms with Gasteiger partial charge in [-0.2, -0.15) is 0 Å². The number of allylic oxidation sites excluding steroid dienone is 4. The highest BCUT2D eigenvalue weighted by Gasteiger charge is 2.31. The van der Waals surface area contributed by atoms with Crippen LogP contribution in [0.2, 0.25) is 0 Å². The number of carbonyl (C=O) groups is 1. The van der Waals surface area contributed by atoms with E-state index in [-0.39, 0.29) is 10.1 Å². The highest BCUT2D eigenvalue weighted by Crippen LogP contribution is 2.39. The maximum Gasteiger partial charge on any atom is 0.206 e. The summed E-state index contributed by atoms with van der Waals surface area (Å²) in [5.74, 6) is 0.00410. The van der Waals surface area contributed by atoms with Crippen molar-refractivity contribution in [1.82, 2.24) is 0 Å². The summed E-state index contributed by atoms with van der Waals surface area (Å²) in [5.41, 5.74) is 0.996. The first-order chi connectivity index (χ1) is 5.36. The third-order valence-electron chi connectivity index (χ3n) is 1.88. The largest absolute Gasteiger partial charge is 0.287 e. The van der Waals surface area contributed by atoms with Crippen molar-refractivity contribution in [2.45, 2.75) is 18.2 Å². The zero-order chi connectivity index (χ0) is 9.52. The summed E-state index contributed by atoms with van der Waals surface area (Å²) in [7, 11) is 0. The molecule has 66 valence electrons. The van der Waals surface area contributed by atoms with E-state index < -0.39 is 0 Å². The van der Waals surface area contributed by atoms with Crippen LogP contribution in [0.15, 0.2) is 20.6 Å². The van der Waals surface area contributed by atoms with Crippen LogP contribution in [-0.2, 0) is 4.79 Å². The first-order valence-electron chi connectivity index (χ1n) is 3.35. The SMILES string of the molecule is CC1=C(Br)C(=O)C(Br)=CC1(C)Br. The van der Waals surface area contributed by atoms with E-state index >= 15 is 0 Å². The van der Waals surface area contributed by atoms with Crippen LogP contribution in [-0.4, -0.2) is 10.1 Å². The van der Waals surface area contributed by atoms with Gasteiger partial charge in [0.1, 0.15) is 0 Å². The van der Waals surface area contributed by atoms with Crippen LogP contribution in [0.1, 0.15) is 13.8 Å². The number of hydrogen-bond acceptors (Lipinski definition) is 1. The van der Waals surface area contributed by atoms with Gasteiger partial charge in [0, 0.05) is 0 Å². The van der Waals surface area contributed by atoms with Gasteiger partial charge in [-0.1, -0.05) is 15.9 Å². The summed E-state index contributed by atoms with van der Waals surface area (Å²) in [6.45, 7) is 3.92. The van der Waals surface area contributed by atoms with E-state index in [2.05, 4.69) is 47.8 Å². The number of Topliss-reactive ketones (excluding diaryl/α,β-unsaturated/α-hetero) is 1. The van der Waals surface area contributed by atoms with E-state index in [4.69, 9.17) is 0 Å². The lowest BCUT2D eigenvalue weighted by molar-refractivity contribution is -0.111. The Kier molecular flexibility index (Phi) is 3.01. The Bertz CT molecular complexity index is 299. The lowest BCUT2D eigenvalue weighted by Gasteiger charge is -2.25. The first-order valence-corrected chi connectivity index (χ1v) is 5.73. The number of alkyl halides is 1. The van der Waals surface area contributed by atoms with Crippen molar-refractivity contribution in [3.8, 4) is 0 Å². The van der Waals surface area contributed by atoms with Gasteiger partial charge in [-0.3, -0.25) is 4.79 Å². The Morgan fingerprint density at radius 3 is 2.42 bits per heavy atom. The van der Waals surface area contributed by atoms with Crippen LogP contribution < -0.4 is 0 Å². The van der Waals surface area contributed by atoms with E-state index in [1.54, 1.807) is 0 Å². The molecule has 0 aromatic rings. The quantitative estimate of drug-likeness (QED) is 0.604. The molecule has 0 spiro atoms. The molecule has 0 bridgehead atoms. The maximum absolute atomic E-state index is 11.4. The van der Waals surface area contributed by atoms with Crippen LogP contribution in [0.5, 0.6) is 0 Å². The average molecular weight is 359 g/mol. The second-order valence-electron chi connectivity index (χ2n) is 2.84. The van der Waals surface area contributed by atoms with Gasteiger partial charge in [-0.05, 0) is 57.4 Å². The third kappa shape index (κ3) is 1.75. The Hall–Kier alpha value is 0.590. The Morgan fingerprint density at radius 2 is 1.92 bits per heavy atom. The smallest absolute Gasteiger partial charge is 0.206 e. The zero-order valence-corrected chi connectivity index (χ0v) is 11.4. The molecule has 0 N–H and O–H groups in total. The van der Waals surface area contributed by atoms with Crippen molar-refractivity contribution < 1.29 is 4.79 Å². The highest BCUT2D eigenvalue weighted by atomic mass is 79.9. The molecule has 1 nitrogen and oxygen atoms in total.